The molecule has 0 saturated carbocycles. The Balaban J connectivity index is 0.00000324. The lowest BCUT2D eigenvalue weighted by atomic mass is 10.1. The van der Waals surface area contributed by atoms with Gasteiger partial charge in [-0.2, -0.15) is 13.2 Å². The maximum atomic E-state index is 13.1. The quantitative estimate of drug-likeness (QED) is 0.845. The fourth-order valence-electron chi connectivity index (χ4n) is 1.13. The molecule has 0 radical (unpaired) electrons. The van der Waals surface area contributed by atoms with Gasteiger partial charge in [-0.1, -0.05) is 0 Å². The fraction of sp³-hybridized carbons (Fsp3) is 0.333. The molecule has 1 aromatic carbocycles. The molecule has 110 valence electrons. The maximum absolute atomic E-state index is 13.1. The van der Waals surface area contributed by atoms with Crippen LogP contribution in [0.3, 0.4) is 0 Å². The minimum Gasteiger partial charge on any atom is -0.406 e. The molecule has 0 unspecified atom stereocenters. The molecule has 2 nitrogen and oxygen atoms in total. The highest BCUT2D eigenvalue weighted by Gasteiger charge is 2.40. The van der Waals surface area contributed by atoms with Crippen LogP contribution >= 0.6 is 12.4 Å². The average Bonchev–Trinajstić information content (AvgIpc) is 2.16. The van der Waals surface area contributed by atoms with Crippen LogP contribution in [0, 0.1) is 5.82 Å². The lowest BCUT2D eigenvalue weighted by Gasteiger charge is -2.17. The molecule has 0 amide bonds. The highest BCUT2D eigenvalue weighted by atomic mass is 35.5. The van der Waals surface area contributed by atoms with E-state index >= 15 is 0 Å². The van der Waals surface area contributed by atoms with Gasteiger partial charge in [-0.25, -0.2) is 4.39 Å². The lowest BCUT2D eigenvalue weighted by molar-refractivity contribution is -0.274. The van der Waals surface area contributed by atoms with E-state index in [1.165, 1.54) is 0 Å². The molecular weight excluding hydrogens is 307 g/mol. The molecule has 0 saturated heterocycles. The highest BCUT2D eigenvalue weighted by Crippen LogP contribution is 2.34. The van der Waals surface area contributed by atoms with Gasteiger partial charge in [-0.05, 0) is 18.2 Å². The summed E-state index contributed by atoms with van der Waals surface area (Å²) < 4.78 is 88.6. The van der Waals surface area contributed by atoms with E-state index in [0.29, 0.717) is 12.1 Å². The van der Waals surface area contributed by atoms with Crippen LogP contribution in [0.4, 0.5) is 30.7 Å². The molecule has 0 heterocycles. The van der Waals surface area contributed by atoms with E-state index in [-0.39, 0.29) is 18.5 Å². The van der Waals surface area contributed by atoms with Crippen LogP contribution in [-0.4, -0.2) is 12.5 Å². The number of nitrogens with two attached hydrogens (primary N) is 1. The van der Waals surface area contributed by atoms with Gasteiger partial charge in [0.2, 0.25) is 0 Å². The molecule has 1 atom stereocenters. The molecule has 1 rings (SSSR count). The summed E-state index contributed by atoms with van der Waals surface area (Å²) in [4.78, 5) is 0. The van der Waals surface area contributed by atoms with Crippen LogP contribution in [0.1, 0.15) is 11.6 Å². The van der Waals surface area contributed by atoms with Crippen molar-refractivity contribution in [2.45, 2.75) is 18.6 Å². The van der Waals surface area contributed by atoms with E-state index in [1.807, 2.05) is 0 Å². The van der Waals surface area contributed by atoms with E-state index in [0.717, 1.165) is 0 Å². The molecule has 0 bridgehead atoms. The third-order valence-electron chi connectivity index (χ3n) is 1.89. The molecule has 1 aromatic rings. The second-order valence-corrected chi connectivity index (χ2v) is 3.25. The Morgan fingerprint density at radius 1 is 1.05 bits per heavy atom. The molecule has 19 heavy (non-hydrogen) atoms. The first-order valence-electron chi connectivity index (χ1n) is 4.38. The second kappa shape index (κ2) is 5.83. The normalized spacial score (nSPS) is 13.7. The molecule has 0 fully saturated rings. The van der Waals surface area contributed by atoms with E-state index in [4.69, 9.17) is 5.73 Å². The lowest BCUT2D eigenvalue weighted by Crippen LogP contribution is -2.29. The molecular formula is C9H7ClF7NO. The Morgan fingerprint density at radius 2 is 1.58 bits per heavy atom. The summed E-state index contributed by atoms with van der Waals surface area (Å²) in [5.74, 6) is -2.34. The van der Waals surface area contributed by atoms with Crippen LogP contribution in [0.25, 0.3) is 0 Å². The summed E-state index contributed by atoms with van der Waals surface area (Å²) in [5, 5.41) is 0. The summed E-state index contributed by atoms with van der Waals surface area (Å²) in [6.07, 6.45) is -10.1. The number of rotatable bonds is 2. The Labute approximate surface area is 108 Å². The minimum absolute atomic E-state index is 0. The Hall–Kier alpha value is -1.22. The molecule has 0 aliphatic heterocycles. The van der Waals surface area contributed by atoms with Crippen molar-refractivity contribution >= 4 is 12.4 Å². The largest absolute Gasteiger partial charge is 0.573 e. The van der Waals surface area contributed by atoms with Crippen LogP contribution in [0.15, 0.2) is 18.2 Å². The first-order valence-corrected chi connectivity index (χ1v) is 4.38. The molecule has 0 spiro atoms. The SMILES string of the molecule is Cl.N[C@H](c1cc(OC(F)(F)F)ccc1F)C(F)(F)F. The Morgan fingerprint density at radius 3 is 2.00 bits per heavy atom. The van der Waals surface area contributed by atoms with E-state index < -0.39 is 35.7 Å². The number of ether oxygens (including phenoxy) is 1. The number of hydrogen-bond donors (Lipinski definition) is 1. The predicted molar refractivity (Wildman–Crippen MR) is 53.3 cm³/mol. The fourth-order valence-corrected chi connectivity index (χ4v) is 1.13. The molecule has 10 heteroatoms. The smallest absolute Gasteiger partial charge is 0.406 e. The van der Waals surface area contributed by atoms with Crippen molar-refractivity contribution in [1.82, 2.24) is 0 Å². The summed E-state index contributed by atoms with van der Waals surface area (Å²) in [6, 6.07) is -1.49. The number of halogens is 8. The number of benzene rings is 1. The van der Waals surface area contributed by atoms with Crippen molar-refractivity contribution < 1.29 is 35.5 Å². The average molecular weight is 314 g/mol. The van der Waals surface area contributed by atoms with Crippen LogP contribution in [0.2, 0.25) is 0 Å². The van der Waals surface area contributed by atoms with E-state index in [1.54, 1.807) is 0 Å². The minimum atomic E-state index is -5.09. The van der Waals surface area contributed by atoms with Crippen molar-refractivity contribution in [2.75, 3.05) is 0 Å². The van der Waals surface area contributed by atoms with Crippen molar-refractivity contribution in [3.05, 3.63) is 29.6 Å². The van der Waals surface area contributed by atoms with E-state index in [2.05, 4.69) is 4.74 Å². The van der Waals surface area contributed by atoms with Gasteiger partial charge in [-0.3, -0.25) is 0 Å². The zero-order valence-electron chi connectivity index (χ0n) is 8.85. The summed E-state index contributed by atoms with van der Waals surface area (Å²) in [7, 11) is 0. The molecule has 0 aromatic heterocycles. The summed E-state index contributed by atoms with van der Waals surface area (Å²) in [6.45, 7) is 0. The van der Waals surface area contributed by atoms with Crippen molar-refractivity contribution in [3.63, 3.8) is 0 Å². The van der Waals surface area contributed by atoms with Gasteiger partial charge >= 0.3 is 12.5 Å². The Bertz CT molecular complexity index is 432. The molecule has 0 aliphatic rings. The number of hydrogen-bond acceptors (Lipinski definition) is 2. The van der Waals surface area contributed by atoms with Crippen molar-refractivity contribution in [1.29, 1.82) is 0 Å². The second-order valence-electron chi connectivity index (χ2n) is 3.25. The predicted octanol–water partition coefficient (Wildman–Crippen LogP) is 3.71. The monoisotopic (exact) mass is 313 g/mol. The zero-order chi connectivity index (χ0) is 14.1. The van der Waals surface area contributed by atoms with Gasteiger partial charge in [0, 0.05) is 5.56 Å². The van der Waals surface area contributed by atoms with Crippen molar-refractivity contribution in [2.24, 2.45) is 5.73 Å². The van der Waals surface area contributed by atoms with Crippen LogP contribution in [0.5, 0.6) is 5.75 Å². The Kier molecular flexibility index (Phi) is 5.45. The third-order valence-corrected chi connectivity index (χ3v) is 1.89. The van der Waals surface area contributed by atoms with Gasteiger partial charge in [0.25, 0.3) is 0 Å². The first-order chi connectivity index (χ1) is 8.00. The van der Waals surface area contributed by atoms with E-state index in [9.17, 15) is 30.7 Å². The van der Waals surface area contributed by atoms with Gasteiger partial charge in [-0.15, -0.1) is 25.6 Å². The van der Waals surface area contributed by atoms with Gasteiger partial charge in [0.1, 0.15) is 17.6 Å². The van der Waals surface area contributed by atoms with Crippen LogP contribution < -0.4 is 10.5 Å². The number of alkyl halides is 6. The summed E-state index contributed by atoms with van der Waals surface area (Å²) >= 11 is 0. The van der Waals surface area contributed by atoms with Gasteiger partial charge in [0.15, 0.2) is 0 Å². The summed E-state index contributed by atoms with van der Waals surface area (Å²) in [5.41, 5.74) is 3.58. The first kappa shape index (κ1) is 17.8. The van der Waals surface area contributed by atoms with Crippen molar-refractivity contribution in [3.8, 4) is 5.75 Å². The molecule has 2 N–H and O–H groups in total. The maximum Gasteiger partial charge on any atom is 0.573 e. The standard InChI is InChI=1S/C9H6F7NO.ClH/c10-6-2-1-4(18-9(14,15)16)3-5(6)7(17)8(11,12)13;/h1-3,7H,17H2;1H/t7-;/m1./s1. The molecule has 0 aliphatic carbocycles. The highest BCUT2D eigenvalue weighted by molar-refractivity contribution is 5.85. The van der Waals surface area contributed by atoms with Crippen LogP contribution in [-0.2, 0) is 0 Å². The zero-order valence-corrected chi connectivity index (χ0v) is 9.67. The van der Waals surface area contributed by atoms with Gasteiger partial charge < -0.3 is 10.5 Å². The van der Waals surface area contributed by atoms with Gasteiger partial charge in [0.05, 0.1) is 0 Å². The third kappa shape index (κ3) is 5.11. The topological polar surface area (TPSA) is 35.2 Å².